The van der Waals surface area contributed by atoms with Gasteiger partial charge in [-0.2, -0.15) is 4.98 Å². The summed E-state index contributed by atoms with van der Waals surface area (Å²) in [6.45, 7) is 5.94. The van der Waals surface area contributed by atoms with Gasteiger partial charge in [0.15, 0.2) is 15.7 Å². The molecule has 2 aliphatic heterocycles. The van der Waals surface area contributed by atoms with Gasteiger partial charge in [-0.05, 0) is 51.3 Å². The second-order valence-electron chi connectivity index (χ2n) is 9.00. The molecule has 0 saturated carbocycles. The first-order valence-corrected chi connectivity index (χ1v) is 13.0. The molecule has 180 valence electrons. The number of ether oxygens (including phenoxy) is 1. The molecular weight excluding hydrogens is 451 g/mol. The number of halogens is 1. The van der Waals surface area contributed by atoms with Gasteiger partial charge in [0.25, 0.3) is 0 Å². The molecule has 0 radical (unpaired) electrons. The largest absolute Gasteiger partial charge is 0.447 e. The maximum absolute atomic E-state index is 14.6. The molecule has 2 aromatic rings. The molecule has 1 amide bonds. The van der Waals surface area contributed by atoms with Gasteiger partial charge in [0, 0.05) is 38.4 Å². The summed E-state index contributed by atoms with van der Waals surface area (Å²) in [6.07, 6.45) is 2.82. The van der Waals surface area contributed by atoms with Crippen molar-refractivity contribution >= 4 is 21.6 Å². The highest BCUT2D eigenvalue weighted by Gasteiger charge is 2.32. The molecule has 1 aromatic carbocycles. The van der Waals surface area contributed by atoms with Gasteiger partial charge in [0.05, 0.1) is 22.6 Å². The van der Waals surface area contributed by atoms with Gasteiger partial charge in [0.1, 0.15) is 5.82 Å². The van der Waals surface area contributed by atoms with Crippen molar-refractivity contribution in [1.29, 1.82) is 0 Å². The minimum atomic E-state index is -3.46. The van der Waals surface area contributed by atoms with Gasteiger partial charge in [-0.1, -0.05) is 5.16 Å². The van der Waals surface area contributed by atoms with Gasteiger partial charge >= 0.3 is 6.09 Å². The van der Waals surface area contributed by atoms with E-state index in [0.29, 0.717) is 43.6 Å². The van der Waals surface area contributed by atoms with Crippen molar-refractivity contribution < 1.29 is 26.9 Å². The van der Waals surface area contributed by atoms with Crippen LogP contribution in [-0.4, -0.2) is 68.1 Å². The fourth-order valence-electron chi connectivity index (χ4n) is 4.33. The Hall–Kier alpha value is -2.69. The van der Waals surface area contributed by atoms with Crippen LogP contribution in [0.2, 0.25) is 0 Å². The number of carbonyl (C=O) groups excluding carboxylic acids is 1. The second kappa shape index (κ2) is 9.28. The third-order valence-electron chi connectivity index (χ3n) is 6.14. The van der Waals surface area contributed by atoms with Crippen molar-refractivity contribution in [1.82, 2.24) is 15.0 Å². The highest BCUT2D eigenvalue weighted by Crippen LogP contribution is 2.34. The number of anilines is 1. The molecule has 0 spiro atoms. The van der Waals surface area contributed by atoms with Crippen LogP contribution < -0.4 is 4.90 Å². The van der Waals surface area contributed by atoms with Crippen LogP contribution in [0.4, 0.5) is 14.9 Å². The van der Waals surface area contributed by atoms with E-state index in [1.807, 2.05) is 18.7 Å². The minimum absolute atomic E-state index is 0.0265. The minimum Gasteiger partial charge on any atom is -0.447 e. The first-order chi connectivity index (χ1) is 15.6. The SMILES string of the molecule is CC(C)OC(=O)N1CCC(c2noc(C3CCN(c4ccc(S(C)(=O)=O)cc4F)C3)n2)CC1. The molecule has 0 aliphatic carbocycles. The monoisotopic (exact) mass is 480 g/mol. The molecule has 0 bridgehead atoms. The molecule has 4 rings (SSSR count). The Labute approximate surface area is 192 Å². The quantitative estimate of drug-likeness (QED) is 0.642. The van der Waals surface area contributed by atoms with E-state index < -0.39 is 15.7 Å². The fourth-order valence-corrected chi connectivity index (χ4v) is 4.96. The molecule has 1 unspecified atom stereocenters. The van der Waals surface area contributed by atoms with Crippen LogP contribution in [0.3, 0.4) is 0 Å². The Kier molecular flexibility index (Phi) is 6.60. The zero-order valence-electron chi connectivity index (χ0n) is 19.0. The van der Waals surface area contributed by atoms with Crippen LogP contribution in [0, 0.1) is 5.82 Å². The van der Waals surface area contributed by atoms with Crippen molar-refractivity contribution in [3.05, 3.63) is 35.7 Å². The van der Waals surface area contributed by atoms with Gasteiger partial charge in [-0.25, -0.2) is 17.6 Å². The van der Waals surface area contributed by atoms with Crippen LogP contribution >= 0.6 is 0 Å². The van der Waals surface area contributed by atoms with E-state index in [-0.39, 0.29) is 28.9 Å². The fraction of sp³-hybridized carbons (Fsp3) is 0.591. The van der Waals surface area contributed by atoms with Crippen LogP contribution in [0.5, 0.6) is 0 Å². The van der Waals surface area contributed by atoms with E-state index in [0.717, 1.165) is 31.6 Å². The topological polar surface area (TPSA) is 106 Å². The Morgan fingerprint density at radius 2 is 1.88 bits per heavy atom. The number of nitrogens with zero attached hydrogens (tertiary/aromatic N) is 4. The van der Waals surface area contributed by atoms with Crippen molar-refractivity contribution in [3.63, 3.8) is 0 Å². The highest BCUT2D eigenvalue weighted by atomic mass is 32.2. The highest BCUT2D eigenvalue weighted by molar-refractivity contribution is 7.90. The first kappa shape index (κ1) is 23.5. The van der Waals surface area contributed by atoms with Gasteiger partial charge in [-0.3, -0.25) is 0 Å². The zero-order valence-corrected chi connectivity index (χ0v) is 19.8. The third-order valence-corrected chi connectivity index (χ3v) is 7.25. The summed E-state index contributed by atoms with van der Waals surface area (Å²) in [5.41, 5.74) is 0.366. The third kappa shape index (κ3) is 5.29. The summed E-state index contributed by atoms with van der Waals surface area (Å²) in [4.78, 5) is 20.2. The van der Waals surface area contributed by atoms with Crippen LogP contribution in [0.1, 0.15) is 56.7 Å². The molecule has 2 saturated heterocycles. The molecule has 33 heavy (non-hydrogen) atoms. The zero-order chi connectivity index (χ0) is 23.8. The van der Waals surface area contributed by atoms with Crippen LogP contribution in [0.25, 0.3) is 0 Å². The lowest BCUT2D eigenvalue weighted by Crippen LogP contribution is -2.39. The normalized spacial score (nSPS) is 20.0. The van der Waals surface area contributed by atoms with E-state index in [1.54, 1.807) is 4.90 Å². The average molecular weight is 481 g/mol. The Balaban J connectivity index is 1.36. The number of amides is 1. The predicted octanol–water partition coefficient (Wildman–Crippen LogP) is 3.33. The molecule has 0 N–H and O–H groups in total. The molecule has 2 fully saturated rings. The Morgan fingerprint density at radius 3 is 2.52 bits per heavy atom. The van der Waals surface area contributed by atoms with E-state index in [4.69, 9.17) is 9.26 Å². The van der Waals surface area contributed by atoms with Gasteiger partial charge < -0.3 is 19.1 Å². The summed E-state index contributed by atoms with van der Waals surface area (Å²) in [6, 6.07) is 3.99. The van der Waals surface area contributed by atoms with Gasteiger partial charge in [-0.15, -0.1) is 0 Å². The van der Waals surface area contributed by atoms with E-state index in [2.05, 4.69) is 10.1 Å². The smallest absolute Gasteiger partial charge is 0.410 e. The summed E-state index contributed by atoms with van der Waals surface area (Å²) >= 11 is 0. The van der Waals surface area contributed by atoms with Crippen molar-refractivity contribution in [2.75, 3.05) is 37.3 Å². The first-order valence-electron chi connectivity index (χ1n) is 11.2. The molecule has 1 atom stereocenters. The molecular formula is C22H29FN4O5S. The number of hydrogen-bond acceptors (Lipinski definition) is 8. The number of sulfone groups is 1. The molecule has 3 heterocycles. The second-order valence-corrected chi connectivity index (χ2v) is 11.0. The lowest BCUT2D eigenvalue weighted by Gasteiger charge is -2.30. The summed E-state index contributed by atoms with van der Waals surface area (Å²) in [7, 11) is -3.46. The lowest BCUT2D eigenvalue weighted by atomic mass is 9.96. The number of piperidine rings is 1. The maximum Gasteiger partial charge on any atom is 0.410 e. The summed E-state index contributed by atoms with van der Waals surface area (Å²) in [5, 5.41) is 4.18. The lowest BCUT2D eigenvalue weighted by molar-refractivity contribution is 0.0688. The summed E-state index contributed by atoms with van der Waals surface area (Å²) < 4.78 is 48.7. The molecule has 11 heteroatoms. The van der Waals surface area contributed by atoms with Crippen LogP contribution in [0.15, 0.2) is 27.6 Å². The molecule has 2 aliphatic rings. The number of aromatic nitrogens is 2. The van der Waals surface area contributed by atoms with Gasteiger partial charge in [0.2, 0.25) is 5.89 Å². The molecule has 9 nitrogen and oxygen atoms in total. The average Bonchev–Trinajstić information content (AvgIpc) is 3.42. The Morgan fingerprint density at radius 1 is 1.18 bits per heavy atom. The number of likely N-dealkylation sites (tertiary alicyclic amines) is 1. The van der Waals surface area contributed by atoms with Crippen molar-refractivity contribution in [3.8, 4) is 0 Å². The Bertz CT molecular complexity index is 1110. The van der Waals surface area contributed by atoms with Crippen LogP contribution in [-0.2, 0) is 14.6 Å². The van der Waals surface area contributed by atoms with Crippen molar-refractivity contribution in [2.24, 2.45) is 0 Å². The predicted molar refractivity (Wildman–Crippen MR) is 119 cm³/mol. The summed E-state index contributed by atoms with van der Waals surface area (Å²) in [5.74, 6) is 0.698. The molecule has 1 aromatic heterocycles. The standard InChI is InChI=1S/C22H29FN4O5S/c1-14(2)31-22(28)26-9-6-15(7-10-26)20-24-21(32-25-20)16-8-11-27(13-16)19-5-4-17(12-18(19)23)33(3,29)30/h4-5,12,14-16H,6-11,13H2,1-3H3. The maximum atomic E-state index is 14.6. The van der Waals surface area contributed by atoms with E-state index in [1.165, 1.54) is 12.1 Å². The van der Waals surface area contributed by atoms with Crippen molar-refractivity contribution in [2.45, 2.75) is 55.9 Å². The van der Waals surface area contributed by atoms with E-state index in [9.17, 15) is 17.6 Å². The number of hydrogen-bond donors (Lipinski definition) is 0. The number of benzene rings is 1. The number of rotatable bonds is 5. The number of carbonyl (C=O) groups is 1. The van der Waals surface area contributed by atoms with E-state index >= 15 is 0 Å².